The topological polar surface area (TPSA) is 12.0 Å². The first kappa shape index (κ1) is 12.3. The molecule has 0 aliphatic carbocycles. The Morgan fingerprint density at radius 1 is 1.25 bits per heavy atom. The van der Waals surface area contributed by atoms with Gasteiger partial charge < -0.3 is 5.32 Å². The van der Waals surface area contributed by atoms with Crippen LogP contribution < -0.4 is 5.32 Å². The van der Waals surface area contributed by atoms with Gasteiger partial charge in [-0.1, -0.05) is 29.8 Å². The molecule has 1 aliphatic rings. The fourth-order valence-electron chi connectivity index (χ4n) is 1.98. The van der Waals surface area contributed by atoms with Gasteiger partial charge in [0.1, 0.15) is 0 Å². The Morgan fingerprint density at radius 3 is 3.00 bits per heavy atom. The maximum absolute atomic E-state index is 6.15. The van der Waals surface area contributed by atoms with Crippen LogP contribution in [-0.4, -0.2) is 18.3 Å². The average molecular weight is 256 g/mol. The first-order valence-corrected chi connectivity index (χ1v) is 7.34. The molecule has 1 fully saturated rings. The summed E-state index contributed by atoms with van der Waals surface area (Å²) in [7, 11) is 0. The third-order valence-corrected chi connectivity index (χ3v) is 4.74. The van der Waals surface area contributed by atoms with E-state index in [1.807, 2.05) is 12.1 Å². The van der Waals surface area contributed by atoms with Crippen LogP contribution in [-0.2, 0) is 5.75 Å². The van der Waals surface area contributed by atoms with Crippen molar-refractivity contribution in [2.75, 3.05) is 13.1 Å². The second-order valence-electron chi connectivity index (χ2n) is 4.21. The van der Waals surface area contributed by atoms with E-state index in [1.54, 1.807) is 0 Å². The summed E-state index contributed by atoms with van der Waals surface area (Å²) < 4.78 is 0. The van der Waals surface area contributed by atoms with E-state index in [0.29, 0.717) is 0 Å². The number of hydrogen-bond donors (Lipinski definition) is 1. The van der Waals surface area contributed by atoms with Crippen LogP contribution in [0.4, 0.5) is 0 Å². The Balaban J connectivity index is 1.84. The van der Waals surface area contributed by atoms with Crippen molar-refractivity contribution >= 4 is 23.4 Å². The molecule has 2 rings (SSSR count). The van der Waals surface area contributed by atoms with E-state index in [1.165, 1.54) is 37.9 Å². The Bertz CT molecular complexity index is 321. The third kappa shape index (κ3) is 3.69. The highest BCUT2D eigenvalue weighted by atomic mass is 35.5. The van der Waals surface area contributed by atoms with Gasteiger partial charge in [0.15, 0.2) is 0 Å². The Kier molecular flexibility index (Phi) is 5.01. The molecule has 0 spiro atoms. The maximum atomic E-state index is 6.15. The molecule has 1 aliphatic heterocycles. The van der Waals surface area contributed by atoms with Crippen LogP contribution in [0.15, 0.2) is 24.3 Å². The first-order chi connectivity index (χ1) is 7.86. The quantitative estimate of drug-likeness (QED) is 0.884. The lowest BCUT2D eigenvalue weighted by molar-refractivity contribution is 0.703. The standard InChI is InChI=1S/C13H18ClNS/c14-13-6-2-1-4-11(13)10-16-12-5-3-8-15-9-7-12/h1-2,4,6,12,15H,3,5,7-10H2. The van der Waals surface area contributed by atoms with Crippen molar-refractivity contribution in [2.45, 2.75) is 30.3 Å². The van der Waals surface area contributed by atoms with Gasteiger partial charge in [-0.15, -0.1) is 0 Å². The molecule has 0 amide bonds. The molecule has 88 valence electrons. The fraction of sp³-hybridized carbons (Fsp3) is 0.538. The lowest BCUT2D eigenvalue weighted by atomic mass is 10.2. The minimum atomic E-state index is 0.797. The van der Waals surface area contributed by atoms with E-state index in [0.717, 1.165) is 16.0 Å². The smallest absolute Gasteiger partial charge is 0.0446 e. The summed E-state index contributed by atoms with van der Waals surface area (Å²) in [5.41, 5.74) is 1.27. The highest BCUT2D eigenvalue weighted by Gasteiger charge is 2.12. The highest BCUT2D eigenvalue weighted by molar-refractivity contribution is 7.99. The number of nitrogens with one attached hydrogen (secondary N) is 1. The first-order valence-electron chi connectivity index (χ1n) is 5.92. The number of thioether (sulfide) groups is 1. The third-order valence-electron chi connectivity index (χ3n) is 2.96. The summed E-state index contributed by atoms with van der Waals surface area (Å²) in [6.07, 6.45) is 3.93. The van der Waals surface area contributed by atoms with Crippen molar-refractivity contribution in [3.8, 4) is 0 Å². The average Bonchev–Trinajstić information content (AvgIpc) is 2.56. The summed E-state index contributed by atoms with van der Waals surface area (Å²) in [5, 5.41) is 5.15. The van der Waals surface area contributed by atoms with E-state index in [2.05, 4.69) is 29.2 Å². The maximum Gasteiger partial charge on any atom is 0.0446 e. The van der Waals surface area contributed by atoms with Gasteiger partial charge in [0, 0.05) is 16.0 Å². The molecule has 1 unspecified atom stereocenters. The summed E-state index contributed by atoms with van der Waals surface area (Å²) in [6, 6.07) is 8.17. The molecule has 1 atom stereocenters. The monoisotopic (exact) mass is 255 g/mol. The Hall–Kier alpha value is -0.180. The Labute approximate surface area is 107 Å². The second-order valence-corrected chi connectivity index (χ2v) is 5.90. The van der Waals surface area contributed by atoms with Crippen LogP contribution in [0.1, 0.15) is 24.8 Å². The summed E-state index contributed by atoms with van der Waals surface area (Å²) in [5.74, 6) is 1.05. The highest BCUT2D eigenvalue weighted by Crippen LogP contribution is 2.27. The van der Waals surface area contributed by atoms with Gasteiger partial charge in [-0.25, -0.2) is 0 Å². The molecule has 0 saturated carbocycles. The van der Waals surface area contributed by atoms with Crippen LogP contribution in [0.2, 0.25) is 5.02 Å². The molecule has 1 aromatic carbocycles. The molecule has 16 heavy (non-hydrogen) atoms. The van der Waals surface area contributed by atoms with Gasteiger partial charge in [-0.3, -0.25) is 0 Å². The van der Waals surface area contributed by atoms with Crippen molar-refractivity contribution in [3.63, 3.8) is 0 Å². The molecule has 1 heterocycles. The van der Waals surface area contributed by atoms with Gasteiger partial charge in [0.2, 0.25) is 0 Å². The van der Waals surface area contributed by atoms with Crippen LogP contribution in [0.5, 0.6) is 0 Å². The largest absolute Gasteiger partial charge is 0.317 e. The molecule has 1 saturated heterocycles. The molecular formula is C13H18ClNS. The van der Waals surface area contributed by atoms with E-state index in [9.17, 15) is 0 Å². The van der Waals surface area contributed by atoms with E-state index in [4.69, 9.17) is 11.6 Å². The summed E-state index contributed by atoms with van der Waals surface area (Å²) in [4.78, 5) is 0. The SMILES string of the molecule is Clc1ccccc1CSC1CCCNCC1. The second kappa shape index (κ2) is 6.53. The fourth-order valence-corrected chi connectivity index (χ4v) is 3.54. The van der Waals surface area contributed by atoms with Crippen LogP contribution in [0, 0.1) is 0 Å². The summed E-state index contributed by atoms with van der Waals surface area (Å²) in [6.45, 7) is 2.35. The Morgan fingerprint density at radius 2 is 2.12 bits per heavy atom. The molecule has 0 radical (unpaired) electrons. The van der Waals surface area contributed by atoms with Crippen molar-refractivity contribution in [1.29, 1.82) is 0 Å². The predicted molar refractivity (Wildman–Crippen MR) is 73.3 cm³/mol. The zero-order valence-electron chi connectivity index (χ0n) is 9.42. The number of halogens is 1. The molecule has 1 aromatic rings. The molecule has 1 nitrogen and oxygen atoms in total. The number of rotatable bonds is 3. The van der Waals surface area contributed by atoms with E-state index < -0.39 is 0 Å². The van der Waals surface area contributed by atoms with Crippen LogP contribution >= 0.6 is 23.4 Å². The van der Waals surface area contributed by atoms with Crippen LogP contribution in [0.3, 0.4) is 0 Å². The van der Waals surface area contributed by atoms with Crippen LogP contribution in [0.25, 0.3) is 0 Å². The van der Waals surface area contributed by atoms with Crippen molar-refractivity contribution in [3.05, 3.63) is 34.9 Å². The lowest BCUT2D eigenvalue weighted by Gasteiger charge is -2.13. The summed E-state index contributed by atoms with van der Waals surface area (Å²) >= 11 is 8.20. The normalized spacial score (nSPS) is 21.7. The van der Waals surface area contributed by atoms with Crippen molar-refractivity contribution < 1.29 is 0 Å². The van der Waals surface area contributed by atoms with Gasteiger partial charge in [-0.2, -0.15) is 11.8 Å². The van der Waals surface area contributed by atoms with Crippen molar-refractivity contribution in [2.24, 2.45) is 0 Å². The van der Waals surface area contributed by atoms with Gasteiger partial charge in [0.25, 0.3) is 0 Å². The molecule has 0 aromatic heterocycles. The van der Waals surface area contributed by atoms with E-state index in [-0.39, 0.29) is 0 Å². The van der Waals surface area contributed by atoms with Gasteiger partial charge >= 0.3 is 0 Å². The van der Waals surface area contributed by atoms with Crippen molar-refractivity contribution in [1.82, 2.24) is 5.32 Å². The molecule has 1 N–H and O–H groups in total. The van der Waals surface area contributed by atoms with E-state index >= 15 is 0 Å². The predicted octanol–water partition coefficient (Wildman–Crippen LogP) is 3.72. The zero-order chi connectivity index (χ0) is 11.2. The minimum Gasteiger partial charge on any atom is -0.317 e. The molecule has 0 bridgehead atoms. The van der Waals surface area contributed by atoms with Gasteiger partial charge in [-0.05, 0) is 44.0 Å². The molecule has 3 heteroatoms. The molecular weight excluding hydrogens is 238 g/mol. The van der Waals surface area contributed by atoms with Gasteiger partial charge in [0.05, 0.1) is 0 Å². The number of benzene rings is 1. The lowest BCUT2D eigenvalue weighted by Crippen LogP contribution is -2.14. The number of hydrogen-bond acceptors (Lipinski definition) is 2. The minimum absolute atomic E-state index is 0.797. The zero-order valence-corrected chi connectivity index (χ0v) is 11.0.